The summed E-state index contributed by atoms with van der Waals surface area (Å²) in [6.45, 7) is 1.13. The lowest BCUT2D eigenvalue weighted by molar-refractivity contribution is -0.0282. The van der Waals surface area contributed by atoms with Crippen molar-refractivity contribution in [3.05, 3.63) is 64.3 Å². The topological polar surface area (TPSA) is 73.7 Å². The van der Waals surface area contributed by atoms with E-state index in [4.69, 9.17) is 11.6 Å². The van der Waals surface area contributed by atoms with E-state index in [0.29, 0.717) is 36.5 Å². The number of thiophene rings is 1. The first-order valence-corrected chi connectivity index (χ1v) is 13.5. The molecule has 0 spiro atoms. The minimum atomic E-state index is -0.840. The first-order valence-electron chi connectivity index (χ1n) is 11.0. The number of halogens is 2. The van der Waals surface area contributed by atoms with Gasteiger partial charge in [0.1, 0.15) is 5.60 Å². The van der Waals surface area contributed by atoms with Gasteiger partial charge in [-0.1, -0.05) is 40.3 Å². The van der Waals surface area contributed by atoms with Crippen LogP contribution >= 0.6 is 45.5 Å². The van der Waals surface area contributed by atoms with Crippen molar-refractivity contribution < 1.29 is 15.0 Å². The van der Waals surface area contributed by atoms with Crippen molar-refractivity contribution in [2.75, 3.05) is 13.1 Å². The van der Waals surface area contributed by atoms with Crippen molar-refractivity contribution in [1.29, 1.82) is 0 Å². The van der Waals surface area contributed by atoms with E-state index in [9.17, 15) is 15.0 Å². The number of amides is 1. The van der Waals surface area contributed by atoms with Gasteiger partial charge >= 0.3 is 0 Å². The summed E-state index contributed by atoms with van der Waals surface area (Å²) >= 11 is 10.5. The number of pyridine rings is 1. The van der Waals surface area contributed by atoms with Gasteiger partial charge in [-0.15, -0.1) is 11.3 Å². The molecular weight excluding hydrogens is 571 g/mol. The van der Waals surface area contributed by atoms with Gasteiger partial charge in [0, 0.05) is 39.2 Å². The zero-order chi connectivity index (χ0) is 23.2. The molecule has 2 atom stereocenters. The molecule has 2 fully saturated rings. The highest BCUT2D eigenvalue weighted by atomic mass is 127. The summed E-state index contributed by atoms with van der Waals surface area (Å²) in [5.74, 6) is -0.0472. The number of likely N-dealkylation sites (tertiary alicyclic amines) is 1. The maximum atomic E-state index is 12.8. The normalized spacial score (nSPS) is 23.4. The molecule has 1 aromatic carbocycles. The number of rotatable bonds is 4. The van der Waals surface area contributed by atoms with Gasteiger partial charge in [-0.2, -0.15) is 0 Å². The van der Waals surface area contributed by atoms with Gasteiger partial charge in [-0.05, 0) is 72.5 Å². The summed E-state index contributed by atoms with van der Waals surface area (Å²) in [7, 11) is 0. The second-order valence-electron chi connectivity index (χ2n) is 8.78. The molecule has 1 saturated heterocycles. The summed E-state index contributed by atoms with van der Waals surface area (Å²) in [4.78, 5) is 20.0. The third-order valence-corrected chi connectivity index (χ3v) is 9.60. The van der Waals surface area contributed by atoms with Crippen molar-refractivity contribution in [2.24, 2.45) is 0 Å². The van der Waals surface area contributed by atoms with Crippen LogP contribution in [-0.4, -0.2) is 49.1 Å². The molecule has 2 unspecified atom stereocenters. The van der Waals surface area contributed by atoms with Crippen LogP contribution in [0.1, 0.15) is 41.7 Å². The van der Waals surface area contributed by atoms with Gasteiger partial charge in [-0.3, -0.25) is 9.78 Å². The molecule has 0 bridgehead atoms. The average molecular weight is 595 g/mol. The molecule has 1 aliphatic carbocycles. The Hall–Kier alpha value is -1.52. The van der Waals surface area contributed by atoms with Gasteiger partial charge in [0.05, 0.1) is 16.8 Å². The van der Waals surface area contributed by atoms with E-state index in [1.807, 2.05) is 24.3 Å². The number of carbonyl (C=O) groups is 1. The number of hydrogen-bond donors (Lipinski definition) is 2. The number of aliphatic hydroxyl groups excluding tert-OH is 1. The van der Waals surface area contributed by atoms with E-state index >= 15 is 0 Å². The summed E-state index contributed by atoms with van der Waals surface area (Å²) in [5.41, 5.74) is 3.41. The van der Waals surface area contributed by atoms with Gasteiger partial charge in [-0.25, -0.2) is 0 Å². The Labute approximate surface area is 215 Å². The molecule has 8 heteroatoms. The van der Waals surface area contributed by atoms with Crippen LogP contribution in [-0.2, 0) is 5.60 Å². The first-order chi connectivity index (χ1) is 15.8. The van der Waals surface area contributed by atoms with Crippen molar-refractivity contribution in [2.45, 2.75) is 41.3 Å². The maximum Gasteiger partial charge on any atom is 0.253 e. The fourth-order valence-electron chi connectivity index (χ4n) is 4.39. The Morgan fingerprint density at radius 1 is 1.15 bits per heavy atom. The molecule has 3 aromatic rings. The highest BCUT2D eigenvalue weighted by Crippen LogP contribution is 2.46. The van der Waals surface area contributed by atoms with Crippen molar-refractivity contribution in [3.63, 3.8) is 0 Å². The third kappa shape index (κ3) is 4.46. The molecule has 0 radical (unpaired) electrons. The van der Waals surface area contributed by atoms with Crippen LogP contribution in [0.4, 0.5) is 0 Å². The van der Waals surface area contributed by atoms with E-state index in [0.717, 1.165) is 40.1 Å². The van der Waals surface area contributed by atoms with Crippen LogP contribution in [0.25, 0.3) is 21.6 Å². The van der Waals surface area contributed by atoms with Crippen molar-refractivity contribution in [1.82, 2.24) is 9.88 Å². The van der Waals surface area contributed by atoms with Gasteiger partial charge in [0.25, 0.3) is 5.91 Å². The van der Waals surface area contributed by atoms with Gasteiger partial charge in [0.2, 0.25) is 0 Å². The highest BCUT2D eigenvalue weighted by Gasteiger charge is 2.46. The lowest BCUT2D eigenvalue weighted by Gasteiger charge is -2.41. The number of alkyl halides is 1. The van der Waals surface area contributed by atoms with Crippen LogP contribution in [0.2, 0.25) is 5.02 Å². The van der Waals surface area contributed by atoms with E-state index in [-0.39, 0.29) is 15.9 Å². The number of benzene rings is 1. The zero-order valence-corrected chi connectivity index (χ0v) is 21.6. The van der Waals surface area contributed by atoms with E-state index < -0.39 is 5.60 Å². The van der Waals surface area contributed by atoms with E-state index in [1.54, 1.807) is 28.5 Å². The van der Waals surface area contributed by atoms with E-state index in [1.165, 1.54) is 0 Å². The van der Waals surface area contributed by atoms with E-state index in [2.05, 4.69) is 39.0 Å². The predicted octanol–water partition coefficient (Wildman–Crippen LogP) is 5.51. The number of piperidine rings is 1. The van der Waals surface area contributed by atoms with Crippen LogP contribution in [0, 0.1) is 0 Å². The predicted molar refractivity (Wildman–Crippen MR) is 140 cm³/mol. The molecule has 33 heavy (non-hydrogen) atoms. The lowest BCUT2D eigenvalue weighted by atomic mass is 9.77. The summed E-state index contributed by atoms with van der Waals surface area (Å²) in [5, 5.41) is 23.2. The molecule has 1 aliphatic heterocycles. The van der Waals surface area contributed by atoms with Gasteiger partial charge in [0.15, 0.2) is 0 Å². The van der Waals surface area contributed by atoms with Crippen LogP contribution in [0.5, 0.6) is 0 Å². The minimum Gasteiger partial charge on any atom is -0.393 e. The second kappa shape index (κ2) is 9.26. The SMILES string of the molecule is O=C(c1ccc(-c2cc(-c3ccnc(C4(O)CCC4I)c3)cs2)c(Cl)c1)N1CCC(O)CC1. The monoisotopic (exact) mass is 594 g/mol. The highest BCUT2D eigenvalue weighted by molar-refractivity contribution is 14.1. The Morgan fingerprint density at radius 3 is 2.61 bits per heavy atom. The van der Waals surface area contributed by atoms with Gasteiger partial charge < -0.3 is 15.1 Å². The molecule has 5 nitrogen and oxygen atoms in total. The molecule has 2 N–H and O–H groups in total. The van der Waals surface area contributed by atoms with Crippen LogP contribution in [0.15, 0.2) is 48.0 Å². The number of aromatic nitrogens is 1. The molecule has 2 aromatic heterocycles. The molecule has 172 valence electrons. The fraction of sp³-hybridized carbons (Fsp3) is 0.360. The van der Waals surface area contributed by atoms with Crippen LogP contribution < -0.4 is 0 Å². The Kier molecular flexibility index (Phi) is 6.52. The third-order valence-electron chi connectivity index (χ3n) is 6.67. The second-order valence-corrected chi connectivity index (χ2v) is 11.6. The Bertz CT molecular complexity index is 1190. The fourth-order valence-corrected chi connectivity index (χ4v) is 6.63. The molecule has 1 saturated carbocycles. The quantitative estimate of drug-likeness (QED) is 0.309. The molecule has 5 rings (SSSR count). The molecule has 3 heterocycles. The number of nitrogens with zero attached hydrogens (tertiary/aromatic N) is 2. The largest absolute Gasteiger partial charge is 0.393 e. The number of carbonyl (C=O) groups excluding carboxylic acids is 1. The summed E-state index contributed by atoms with van der Waals surface area (Å²) in [6, 6.07) is 11.5. The summed E-state index contributed by atoms with van der Waals surface area (Å²) in [6.07, 6.45) is 4.41. The number of aliphatic hydroxyl groups is 2. The van der Waals surface area contributed by atoms with Crippen molar-refractivity contribution in [3.8, 4) is 21.6 Å². The smallest absolute Gasteiger partial charge is 0.253 e. The van der Waals surface area contributed by atoms with Crippen LogP contribution in [0.3, 0.4) is 0 Å². The minimum absolute atomic E-state index is 0.0472. The van der Waals surface area contributed by atoms with Crippen molar-refractivity contribution >= 4 is 51.4 Å². The lowest BCUT2D eigenvalue weighted by Crippen LogP contribution is -2.45. The zero-order valence-electron chi connectivity index (χ0n) is 17.9. The standard InChI is InChI=1S/C25H24ClIN2O3S/c26-20-11-16(24(31)29-9-5-18(30)6-10-29)1-2-19(20)21-12-17(14-33-21)15-4-8-28-23(13-15)25(32)7-3-22(25)27/h1-2,4,8,11-14,18,22,30,32H,3,5-7,9-10H2. The average Bonchev–Trinajstić information content (AvgIpc) is 3.32. The number of hydrogen-bond acceptors (Lipinski definition) is 5. The summed E-state index contributed by atoms with van der Waals surface area (Å²) < 4.78 is 0.186. The molecular formula is C25H24ClIN2O3S. The Balaban J connectivity index is 1.37. The molecule has 2 aliphatic rings. The maximum absolute atomic E-state index is 12.8. The Morgan fingerprint density at radius 2 is 1.94 bits per heavy atom. The molecule has 1 amide bonds. The first kappa shape index (κ1) is 23.2.